The molecule has 1 aromatic carbocycles. The van der Waals surface area contributed by atoms with Crippen LogP contribution in [0.2, 0.25) is 0 Å². The zero-order chi connectivity index (χ0) is 14.7. The number of benzene rings is 1. The Morgan fingerprint density at radius 1 is 1.14 bits per heavy atom. The van der Waals surface area contributed by atoms with E-state index in [9.17, 15) is 0 Å². The number of methoxy groups -OCH3 is 1. The third-order valence-corrected chi connectivity index (χ3v) is 4.99. The molecule has 1 heterocycles. The molecule has 3 nitrogen and oxygen atoms in total. The van der Waals surface area contributed by atoms with Gasteiger partial charge in [0.2, 0.25) is 0 Å². The lowest BCUT2D eigenvalue weighted by atomic mass is 9.96. The second kappa shape index (κ2) is 6.48. The van der Waals surface area contributed by atoms with E-state index < -0.39 is 0 Å². The fourth-order valence-corrected chi connectivity index (χ4v) is 3.81. The summed E-state index contributed by atoms with van der Waals surface area (Å²) in [4.78, 5) is 6.06. The number of aryl methyl sites for hydroxylation is 1. The molecule has 2 aromatic rings. The predicted octanol–water partition coefficient (Wildman–Crippen LogP) is 4.87. The third-order valence-electron chi connectivity index (χ3n) is 4.09. The van der Waals surface area contributed by atoms with Crippen LogP contribution in [0.3, 0.4) is 0 Å². The highest BCUT2D eigenvalue weighted by Gasteiger charge is 2.16. The molecule has 0 amide bonds. The number of thiazole rings is 1. The van der Waals surface area contributed by atoms with Crippen LogP contribution in [-0.2, 0) is 0 Å². The number of ether oxygens (including phenoxy) is 1. The summed E-state index contributed by atoms with van der Waals surface area (Å²) in [7, 11) is 1.69. The van der Waals surface area contributed by atoms with Crippen LogP contribution < -0.4 is 10.1 Å². The van der Waals surface area contributed by atoms with Crippen LogP contribution in [0.15, 0.2) is 24.3 Å². The van der Waals surface area contributed by atoms with Gasteiger partial charge in [0, 0.05) is 16.5 Å². The Bertz CT molecular complexity index is 585. The summed E-state index contributed by atoms with van der Waals surface area (Å²) in [5, 5.41) is 4.68. The van der Waals surface area contributed by atoms with E-state index in [0.717, 1.165) is 22.1 Å². The molecule has 0 atom stereocenters. The Hall–Kier alpha value is -1.55. The van der Waals surface area contributed by atoms with Gasteiger partial charge in [0.1, 0.15) is 5.75 Å². The van der Waals surface area contributed by atoms with E-state index in [-0.39, 0.29) is 0 Å². The topological polar surface area (TPSA) is 34.1 Å². The number of nitrogens with one attached hydrogen (secondary N) is 1. The zero-order valence-corrected chi connectivity index (χ0v) is 13.5. The molecule has 0 bridgehead atoms. The van der Waals surface area contributed by atoms with Crippen molar-refractivity contribution in [2.45, 2.75) is 45.1 Å². The van der Waals surface area contributed by atoms with Crippen molar-refractivity contribution >= 4 is 16.5 Å². The van der Waals surface area contributed by atoms with E-state index >= 15 is 0 Å². The van der Waals surface area contributed by atoms with Gasteiger partial charge in [-0.2, -0.15) is 0 Å². The Balaban J connectivity index is 1.76. The Kier molecular flexibility index (Phi) is 4.44. The zero-order valence-electron chi connectivity index (χ0n) is 12.7. The maximum absolute atomic E-state index is 5.21. The van der Waals surface area contributed by atoms with Gasteiger partial charge in [0.15, 0.2) is 5.13 Å². The van der Waals surface area contributed by atoms with E-state index in [2.05, 4.69) is 24.4 Å². The number of rotatable bonds is 4. The fraction of sp³-hybridized carbons (Fsp3) is 0.471. The molecule has 4 heteroatoms. The lowest BCUT2D eigenvalue weighted by Gasteiger charge is -2.22. The van der Waals surface area contributed by atoms with Crippen LogP contribution in [-0.4, -0.2) is 18.1 Å². The molecule has 1 aliphatic rings. The highest BCUT2D eigenvalue weighted by molar-refractivity contribution is 7.16. The summed E-state index contributed by atoms with van der Waals surface area (Å²) in [5.74, 6) is 0.882. The van der Waals surface area contributed by atoms with Crippen molar-refractivity contribution in [3.05, 3.63) is 29.1 Å². The van der Waals surface area contributed by atoms with Crippen molar-refractivity contribution in [1.29, 1.82) is 0 Å². The summed E-state index contributed by atoms with van der Waals surface area (Å²) in [6.45, 7) is 2.14. The first-order chi connectivity index (χ1) is 10.3. The van der Waals surface area contributed by atoms with Crippen molar-refractivity contribution in [3.8, 4) is 17.0 Å². The van der Waals surface area contributed by atoms with E-state index in [1.807, 2.05) is 12.1 Å². The molecule has 0 radical (unpaired) electrons. The number of hydrogen-bond acceptors (Lipinski definition) is 4. The molecular formula is C17H22N2OS. The minimum atomic E-state index is 0.605. The van der Waals surface area contributed by atoms with Gasteiger partial charge >= 0.3 is 0 Å². The Morgan fingerprint density at radius 2 is 1.86 bits per heavy atom. The molecule has 21 heavy (non-hydrogen) atoms. The van der Waals surface area contributed by atoms with Crippen molar-refractivity contribution in [3.63, 3.8) is 0 Å². The van der Waals surface area contributed by atoms with Crippen LogP contribution in [0.4, 0.5) is 5.13 Å². The van der Waals surface area contributed by atoms with Gasteiger partial charge in [-0.25, -0.2) is 4.98 Å². The molecule has 0 aliphatic heterocycles. The standard InChI is InChI=1S/C17H22N2OS/c1-12-16(13-8-10-15(20-2)11-9-13)19-17(21-12)18-14-6-4-3-5-7-14/h8-11,14H,3-7H2,1-2H3,(H,18,19). The summed E-state index contributed by atoms with van der Waals surface area (Å²) >= 11 is 1.76. The van der Waals surface area contributed by atoms with Crippen molar-refractivity contribution in [2.24, 2.45) is 0 Å². The number of hydrogen-bond donors (Lipinski definition) is 1. The summed E-state index contributed by atoms with van der Waals surface area (Å²) < 4.78 is 5.21. The molecule has 112 valence electrons. The second-order valence-corrected chi connectivity index (χ2v) is 6.83. The molecule has 1 N–H and O–H groups in total. The highest BCUT2D eigenvalue weighted by Crippen LogP contribution is 2.32. The predicted molar refractivity (Wildman–Crippen MR) is 89.3 cm³/mol. The quantitative estimate of drug-likeness (QED) is 0.874. The third kappa shape index (κ3) is 3.38. The van der Waals surface area contributed by atoms with Gasteiger partial charge in [-0.15, -0.1) is 11.3 Å². The molecule has 0 unspecified atom stereocenters. The Morgan fingerprint density at radius 3 is 2.52 bits per heavy atom. The summed E-state index contributed by atoms with van der Waals surface area (Å²) in [6, 6.07) is 8.73. The van der Waals surface area contributed by atoms with Gasteiger partial charge < -0.3 is 10.1 Å². The minimum absolute atomic E-state index is 0.605. The van der Waals surface area contributed by atoms with Crippen molar-refractivity contribution in [2.75, 3.05) is 12.4 Å². The van der Waals surface area contributed by atoms with Crippen LogP contribution in [0.5, 0.6) is 5.75 Å². The normalized spacial score (nSPS) is 15.9. The molecule has 1 saturated carbocycles. The van der Waals surface area contributed by atoms with Crippen molar-refractivity contribution in [1.82, 2.24) is 4.98 Å². The maximum Gasteiger partial charge on any atom is 0.183 e. The van der Waals surface area contributed by atoms with E-state index in [1.165, 1.54) is 37.0 Å². The van der Waals surface area contributed by atoms with Crippen LogP contribution in [0.1, 0.15) is 37.0 Å². The number of nitrogens with zero attached hydrogens (tertiary/aromatic N) is 1. The van der Waals surface area contributed by atoms with E-state index in [4.69, 9.17) is 9.72 Å². The average molecular weight is 302 g/mol. The first kappa shape index (κ1) is 14.4. The molecule has 3 rings (SSSR count). The van der Waals surface area contributed by atoms with Crippen LogP contribution >= 0.6 is 11.3 Å². The van der Waals surface area contributed by atoms with E-state index in [1.54, 1.807) is 18.4 Å². The van der Waals surface area contributed by atoms with Crippen molar-refractivity contribution < 1.29 is 4.74 Å². The van der Waals surface area contributed by atoms with Crippen LogP contribution in [0.25, 0.3) is 11.3 Å². The summed E-state index contributed by atoms with van der Waals surface area (Å²) in [5.41, 5.74) is 2.24. The lowest BCUT2D eigenvalue weighted by Crippen LogP contribution is -2.21. The SMILES string of the molecule is COc1ccc(-c2nc(NC3CCCCC3)sc2C)cc1. The van der Waals surface area contributed by atoms with E-state index in [0.29, 0.717) is 6.04 Å². The molecule has 1 fully saturated rings. The smallest absolute Gasteiger partial charge is 0.183 e. The maximum atomic E-state index is 5.21. The minimum Gasteiger partial charge on any atom is -0.497 e. The molecular weight excluding hydrogens is 280 g/mol. The number of aromatic nitrogens is 1. The fourth-order valence-electron chi connectivity index (χ4n) is 2.90. The van der Waals surface area contributed by atoms with Gasteiger partial charge in [0.25, 0.3) is 0 Å². The Labute approximate surface area is 130 Å². The lowest BCUT2D eigenvalue weighted by molar-refractivity contribution is 0.415. The highest BCUT2D eigenvalue weighted by atomic mass is 32.1. The first-order valence-electron chi connectivity index (χ1n) is 7.64. The summed E-state index contributed by atoms with van der Waals surface area (Å²) in [6.07, 6.45) is 6.61. The first-order valence-corrected chi connectivity index (χ1v) is 8.46. The number of anilines is 1. The van der Waals surface area contributed by atoms with Gasteiger partial charge in [-0.3, -0.25) is 0 Å². The van der Waals surface area contributed by atoms with Gasteiger partial charge in [0.05, 0.1) is 12.8 Å². The average Bonchev–Trinajstić information content (AvgIpc) is 2.89. The molecule has 1 aliphatic carbocycles. The molecule has 1 aromatic heterocycles. The molecule has 0 spiro atoms. The monoisotopic (exact) mass is 302 g/mol. The second-order valence-electron chi connectivity index (χ2n) is 5.63. The van der Waals surface area contributed by atoms with Crippen LogP contribution in [0, 0.1) is 6.92 Å². The molecule has 0 saturated heterocycles. The van der Waals surface area contributed by atoms with Gasteiger partial charge in [-0.1, -0.05) is 19.3 Å². The van der Waals surface area contributed by atoms with Gasteiger partial charge in [-0.05, 0) is 44.0 Å². The largest absolute Gasteiger partial charge is 0.497 e.